The van der Waals surface area contributed by atoms with Crippen LogP contribution in [-0.4, -0.2) is 38.8 Å². The van der Waals surface area contributed by atoms with Gasteiger partial charge in [-0.1, -0.05) is 20.8 Å². The van der Waals surface area contributed by atoms with Crippen LogP contribution in [0.25, 0.3) is 0 Å². The molecule has 2 atom stereocenters. The predicted octanol–water partition coefficient (Wildman–Crippen LogP) is 1.77. The van der Waals surface area contributed by atoms with Crippen molar-refractivity contribution in [2.24, 2.45) is 0 Å². The van der Waals surface area contributed by atoms with E-state index in [4.69, 9.17) is 14.3 Å². The Bertz CT molecular complexity index is 198. The molecule has 0 amide bonds. The number of aliphatic hydroxyl groups excluding tert-OH is 1. The van der Waals surface area contributed by atoms with Gasteiger partial charge >= 0.3 is 0 Å². The molecule has 0 spiro atoms. The zero-order valence-corrected chi connectivity index (χ0v) is 10.8. The lowest BCUT2D eigenvalue weighted by atomic mass is 10.2. The Morgan fingerprint density at radius 1 is 1.29 bits per heavy atom. The van der Waals surface area contributed by atoms with Gasteiger partial charge < -0.3 is 14.3 Å². The minimum atomic E-state index is -1.63. The topological polar surface area (TPSA) is 42.0 Å². The molecule has 0 unspecified atom stereocenters. The summed E-state index contributed by atoms with van der Waals surface area (Å²) in [7, 11) is -1.63. The third kappa shape index (κ3) is 2.79. The first-order chi connectivity index (χ1) is 6.28. The fourth-order valence-corrected chi connectivity index (χ4v) is 2.01. The molecule has 1 heterocycles. The van der Waals surface area contributed by atoms with Crippen LogP contribution in [0.1, 0.15) is 20.8 Å². The van der Waals surface area contributed by atoms with E-state index in [0.717, 1.165) is 0 Å². The van der Waals surface area contributed by atoms with E-state index in [0.29, 0.717) is 6.61 Å². The number of aliphatic hydroxyl groups is 1. The van der Waals surface area contributed by atoms with E-state index in [2.05, 4.69) is 33.9 Å². The highest BCUT2D eigenvalue weighted by atomic mass is 28.4. The maximum Gasteiger partial charge on any atom is 0.192 e. The van der Waals surface area contributed by atoms with Crippen molar-refractivity contribution in [3.8, 4) is 0 Å². The van der Waals surface area contributed by atoms with E-state index in [-0.39, 0.29) is 23.9 Å². The van der Waals surface area contributed by atoms with Gasteiger partial charge in [-0.3, -0.25) is 0 Å². The van der Waals surface area contributed by atoms with Crippen LogP contribution in [0.3, 0.4) is 0 Å². The Kier molecular flexibility index (Phi) is 3.41. The van der Waals surface area contributed by atoms with E-state index < -0.39 is 8.32 Å². The number of epoxide rings is 1. The van der Waals surface area contributed by atoms with Crippen molar-refractivity contribution >= 4 is 8.32 Å². The van der Waals surface area contributed by atoms with E-state index in [9.17, 15) is 0 Å². The highest BCUT2D eigenvalue weighted by Crippen LogP contribution is 2.37. The monoisotopic (exact) mass is 218 g/mol. The van der Waals surface area contributed by atoms with Gasteiger partial charge in [-0.2, -0.15) is 0 Å². The van der Waals surface area contributed by atoms with Gasteiger partial charge in [0.05, 0.1) is 13.2 Å². The largest absolute Gasteiger partial charge is 0.414 e. The van der Waals surface area contributed by atoms with Gasteiger partial charge in [0.1, 0.15) is 12.2 Å². The quantitative estimate of drug-likeness (QED) is 0.577. The van der Waals surface area contributed by atoms with Gasteiger partial charge in [0.25, 0.3) is 0 Å². The lowest BCUT2D eigenvalue weighted by molar-refractivity contribution is 0.227. The summed E-state index contributed by atoms with van der Waals surface area (Å²) in [5, 5.41) is 9.04. The van der Waals surface area contributed by atoms with Crippen LogP contribution >= 0.6 is 0 Å². The second-order valence-corrected chi connectivity index (χ2v) is 10.3. The van der Waals surface area contributed by atoms with Crippen molar-refractivity contribution in [2.75, 3.05) is 13.2 Å². The second kappa shape index (κ2) is 3.93. The van der Waals surface area contributed by atoms with Crippen molar-refractivity contribution in [1.82, 2.24) is 0 Å². The predicted molar refractivity (Wildman–Crippen MR) is 58.9 cm³/mol. The summed E-state index contributed by atoms with van der Waals surface area (Å²) in [5.74, 6) is 0. The summed E-state index contributed by atoms with van der Waals surface area (Å²) in [6.07, 6.45) is 0.161. The zero-order valence-electron chi connectivity index (χ0n) is 9.83. The minimum Gasteiger partial charge on any atom is -0.414 e. The number of ether oxygens (including phenoxy) is 1. The fourth-order valence-electron chi connectivity index (χ4n) is 0.993. The van der Waals surface area contributed by atoms with E-state index >= 15 is 0 Å². The maximum atomic E-state index is 8.80. The minimum absolute atomic E-state index is 0.0276. The molecule has 0 radical (unpaired) electrons. The average Bonchev–Trinajstić information content (AvgIpc) is 2.77. The number of hydrogen-bond donors (Lipinski definition) is 1. The average molecular weight is 218 g/mol. The molecule has 0 aliphatic carbocycles. The molecular weight excluding hydrogens is 196 g/mol. The standard InChI is InChI=1S/C10H22O3Si/c1-10(2,3)14(4,5)12-7-9-8(6-11)13-9/h8-9,11H,6-7H2,1-5H3/t8-,9+/m0/s1. The summed E-state index contributed by atoms with van der Waals surface area (Å²) >= 11 is 0. The maximum absolute atomic E-state index is 8.80. The van der Waals surface area contributed by atoms with Gasteiger partial charge in [-0.05, 0) is 18.1 Å². The molecule has 1 aliphatic heterocycles. The Morgan fingerprint density at radius 3 is 2.21 bits per heavy atom. The molecule has 84 valence electrons. The van der Waals surface area contributed by atoms with Gasteiger partial charge in [0.15, 0.2) is 8.32 Å². The van der Waals surface area contributed by atoms with Gasteiger partial charge in [0.2, 0.25) is 0 Å². The molecule has 1 N–H and O–H groups in total. The molecule has 0 aromatic rings. The number of hydrogen-bond acceptors (Lipinski definition) is 3. The molecule has 1 fully saturated rings. The molecule has 1 saturated heterocycles. The van der Waals surface area contributed by atoms with Crippen molar-refractivity contribution in [2.45, 2.75) is 51.1 Å². The van der Waals surface area contributed by atoms with E-state index in [1.165, 1.54) is 0 Å². The van der Waals surface area contributed by atoms with Crippen LogP contribution in [0.2, 0.25) is 18.1 Å². The molecule has 0 saturated carbocycles. The zero-order chi connectivity index (χ0) is 11.0. The Balaban J connectivity index is 2.31. The smallest absolute Gasteiger partial charge is 0.192 e. The Morgan fingerprint density at radius 2 is 1.86 bits per heavy atom. The van der Waals surface area contributed by atoms with Gasteiger partial charge in [-0.15, -0.1) is 0 Å². The molecule has 14 heavy (non-hydrogen) atoms. The highest BCUT2D eigenvalue weighted by Gasteiger charge is 2.43. The summed E-state index contributed by atoms with van der Waals surface area (Å²) in [5.41, 5.74) is 0. The van der Waals surface area contributed by atoms with Crippen LogP contribution in [0.15, 0.2) is 0 Å². The molecule has 0 bridgehead atoms. The first-order valence-electron chi connectivity index (χ1n) is 5.18. The lowest BCUT2D eigenvalue weighted by Crippen LogP contribution is -2.41. The van der Waals surface area contributed by atoms with Crippen molar-refractivity contribution in [3.05, 3.63) is 0 Å². The highest BCUT2D eigenvalue weighted by molar-refractivity contribution is 6.74. The fraction of sp³-hybridized carbons (Fsp3) is 1.00. The Hall–Kier alpha value is 0.0969. The van der Waals surface area contributed by atoms with Gasteiger partial charge in [-0.25, -0.2) is 0 Å². The third-order valence-electron chi connectivity index (χ3n) is 3.28. The molecule has 0 aromatic carbocycles. The van der Waals surface area contributed by atoms with Crippen molar-refractivity contribution in [3.63, 3.8) is 0 Å². The molecule has 4 heteroatoms. The van der Waals surface area contributed by atoms with Crippen LogP contribution in [0, 0.1) is 0 Å². The molecule has 1 rings (SSSR count). The third-order valence-corrected chi connectivity index (χ3v) is 7.78. The molecule has 0 aromatic heterocycles. The molecule has 3 nitrogen and oxygen atoms in total. The van der Waals surface area contributed by atoms with Crippen LogP contribution < -0.4 is 0 Å². The normalized spacial score (nSPS) is 27.9. The second-order valence-electron chi connectivity index (χ2n) is 5.47. The Labute approximate surface area is 87.5 Å². The van der Waals surface area contributed by atoms with Gasteiger partial charge in [0, 0.05) is 0 Å². The van der Waals surface area contributed by atoms with Crippen LogP contribution in [0.4, 0.5) is 0 Å². The summed E-state index contributed by atoms with van der Waals surface area (Å²) < 4.78 is 11.2. The summed E-state index contributed by atoms with van der Waals surface area (Å²) in [6, 6.07) is 0. The van der Waals surface area contributed by atoms with Crippen molar-refractivity contribution in [1.29, 1.82) is 0 Å². The van der Waals surface area contributed by atoms with E-state index in [1.807, 2.05) is 0 Å². The SMILES string of the molecule is CC(C)(C)[Si](C)(C)OC[C@H]1O[C@H]1CO. The van der Waals surface area contributed by atoms with Crippen molar-refractivity contribution < 1.29 is 14.3 Å². The summed E-state index contributed by atoms with van der Waals surface area (Å²) in [6.45, 7) is 11.9. The lowest BCUT2D eigenvalue weighted by Gasteiger charge is -2.35. The van der Waals surface area contributed by atoms with Crippen LogP contribution in [-0.2, 0) is 9.16 Å². The first-order valence-corrected chi connectivity index (χ1v) is 8.09. The van der Waals surface area contributed by atoms with E-state index in [1.54, 1.807) is 0 Å². The van der Waals surface area contributed by atoms with Crippen LogP contribution in [0.5, 0.6) is 0 Å². The summed E-state index contributed by atoms with van der Waals surface area (Å²) in [4.78, 5) is 0. The first kappa shape index (κ1) is 12.2. The molecule has 1 aliphatic rings. The molecular formula is C10H22O3Si. The number of rotatable bonds is 4.